The molecule has 3 rings (SSSR count). The van der Waals surface area contributed by atoms with Gasteiger partial charge in [0.15, 0.2) is 0 Å². The van der Waals surface area contributed by atoms with Gasteiger partial charge < -0.3 is 19.4 Å². The fourth-order valence-corrected chi connectivity index (χ4v) is 2.41. The van der Waals surface area contributed by atoms with Crippen LogP contribution in [0.4, 0.5) is 0 Å². The predicted octanol–water partition coefficient (Wildman–Crippen LogP) is 1.36. The van der Waals surface area contributed by atoms with Crippen LogP contribution in [-0.2, 0) is 0 Å². The molecule has 1 aliphatic heterocycles. The summed E-state index contributed by atoms with van der Waals surface area (Å²) < 4.78 is 10.7. The maximum absolute atomic E-state index is 11.9. The average Bonchev–Trinajstić information content (AvgIpc) is 2.36. The Morgan fingerprint density at radius 3 is 2.63 bits per heavy atom. The number of hydrogen-bond acceptors (Lipinski definition) is 5. The molecule has 5 heteroatoms. The van der Waals surface area contributed by atoms with Crippen LogP contribution in [0, 0.1) is 0 Å². The Hall–Kier alpha value is -1.85. The molecule has 2 N–H and O–H groups in total. The molecule has 0 saturated heterocycles. The van der Waals surface area contributed by atoms with Gasteiger partial charge in [-0.15, -0.1) is 0 Å². The van der Waals surface area contributed by atoms with E-state index in [-0.39, 0.29) is 5.75 Å². The Kier molecular flexibility index (Phi) is 2.45. The topological polar surface area (TPSA) is 79.9 Å². The van der Waals surface area contributed by atoms with Gasteiger partial charge in [-0.2, -0.15) is 0 Å². The summed E-state index contributed by atoms with van der Waals surface area (Å²) in [6.45, 7) is 3.22. The molecule has 1 aromatic heterocycles. The standard InChI is InChI=1S/C14H14O5/c1-14(2)12(16)10(15)9-7-5-3-4-6-8(7)18-13(17)11(9)19-14/h3-6,10,12,15-16H,1-2H3/t10-,12-/m0/s1. The van der Waals surface area contributed by atoms with E-state index in [1.165, 1.54) is 0 Å². The predicted molar refractivity (Wildman–Crippen MR) is 68.2 cm³/mol. The molecule has 0 spiro atoms. The summed E-state index contributed by atoms with van der Waals surface area (Å²) in [5.41, 5.74) is -1.05. The van der Waals surface area contributed by atoms with Gasteiger partial charge in [0.2, 0.25) is 5.75 Å². The van der Waals surface area contributed by atoms with E-state index in [2.05, 4.69) is 0 Å². The third-order valence-electron chi connectivity index (χ3n) is 3.48. The Labute approximate surface area is 109 Å². The summed E-state index contributed by atoms with van der Waals surface area (Å²) in [4.78, 5) is 11.9. The lowest BCUT2D eigenvalue weighted by Crippen LogP contribution is -2.50. The number of rotatable bonds is 0. The Morgan fingerprint density at radius 1 is 1.21 bits per heavy atom. The third-order valence-corrected chi connectivity index (χ3v) is 3.48. The first-order valence-electron chi connectivity index (χ1n) is 6.03. The van der Waals surface area contributed by atoms with Gasteiger partial charge >= 0.3 is 5.63 Å². The molecule has 0 aliphatic carbocycles. The number of ether oxygens (including phenoxy) is 1. The molecule has 0 amide bonds. The van der Waals surface area contributed by atoms with Gasteiger partial charge in [-0.1, -0.05) is 18.2 Å². The van der Waals surface area contributed by atoms with Crippen LogP contribution in [0.25, 0.3) is 11.0 Å². The molecule has 0 fully saturated rings. The van der Waals surface area contributed by atoms with Gasteiger partial charge in [0.1, 0.15) is 23.4 Å². The average molecular weight is 262 g/mol. The Balaban J connectivity index is 2.39. The first-order valence-corrected chi connectivity index (χ1v) is 6.03. The minimum atomic E-state index is -1.19. The van der Waals surface area contributed by atoms with Crippen molar-refractivity contribution >= 4 is 11.0 Å². The summed E-state index contributed by atoms with van der Waals surface area (Å²) in [6, 6.07) is 6.85. The zero-order chi connectivity index (χ0) is 13.8. The van der Waals surface area contributed by atoms with Crippen molar-refractivity contribution in [2.45, 2.75) is 31.7 Å². The molecule has 0 radical (unpaired) electrons. The number of fused-ring (bicyclic) bond motifs is 3. The van der Waals surface area contributed by atoms with Gasteiger partial charge in [0, 0.05) is 10.9 Å². The number of hydrogen-bond donors (Lipinski definition) is 2. The first kappa shape index (κ1) is 12.2. The van der Waals surface area contributed by atoms with Crippen LogP contribution in [0.2, 0.25) is 0 Å². The number of benzene rings is 1. The van der Waals surface area contributed by atoms with Gasteiger partial charge in [0.05, 0.1) is 0 Å². The Bertz CT molecular complexity index is 701. The van der Waals surface area contributed by atoms with Crippen molar-refractivity contribution in [1.29, 1.82) is 0 Å². The fourth-order valence-electron chi connectivity index (χ4n) is 2.41. The molecule has 2 atom stereocenters. The van der Waals surface area contributed by atoms with Crippen LogP contribution in [-0.4, -0.2) is 21.9 Å². The van der Waals surface area contributed by atoms with Crippen molar-refractivity contribution in [3.05, 3.63) is 40.2 Å². The number of para-hydroxylation sites is 1. The lowest BCUT2D eigenvalue weighted by Gasteiger charge is -2.39. The van der Waals surface area contributed by atoms with Gasteiger partial charge in [0.25, 0.3) is 0 Å². The second-order valence-corrected chi connectivity index (χ2v) is 5.22. The van der Waals surface area contributed by atoms with Crippen molar-refractivity contribution < 1.29 is 19.4 Å². The molecular formula is C14H14O5. The second-order valence-electron chi connectivity index (χ2n) is 5.22. The summed E-state index contributed by atoms with van der Waals surface area (Å²) in [6.07, 6.45) is -2.31. The number of aliphatic hydroxyl groups excluding tert-OH is 2. The maximum Gasteiger partial charge on any atom is 0.379 e. The lowest BCUT2D eigenvalue weighted by atomic mass is 9.87. The molecule has 100 valence electrons. The van der Waals surface area contributed by atoms with Gasteiger partial charge in [-0.05, 0) is 19.9 Å². The minimum Gasteiger partial charge on any atom is -0.477 e. The van der Waals surface area contributed by atoms with Crippen molar-refractivity contribution in [3.8, 4) is 5.75 Å². The van der Waals surface area contributed by atoms with E-state index in [0.29, 0.717) is 16.5 Å². The smallest absolute Gasteiger partial charge is 0.379 e. The fraction of sp³-hybridized carbons (Fsp3) is 0.357. The normalized spacial score (nSPS) is 24.8. The van der Waals surface area contributed by atoms with Crippen LogP contribution in [0.5, 0.6) is 5.75 Å². The van der Waals surface area contributed by atoms with Crippen molar-refractivity contribution in [2.75, 3.05) is 0 Å². The van der Waals surface area contributed by atoms with E-state index in [1.54, 1.807) is 38.1 Å². The highest BCUT2D eigenvalue weighted by Crippen LogP contribution is 2.41. The molecule has 5 nitrogen and oxygen atoms in total. The summed E-state index contributed by atoms with van der Waals surface area (Å²) in [5.74, 6) is -0.0264. The van der Waals surface area contributed by atoms with E-state index < -0.39 is 23.4 Å². The van der Waals surface area contributed by atoms with Crippen molar-refractivity contribution in [3.63, 3.8) is 0 Å². The highest BCUT2D eigenvalue weighted by Gasteiger charge is 2.44. The molecule has 2 heterocycles. The molecule has 2 aromatic rings. The van der Waals surface area contributed by atoms with E-state index in [0.717, 1.165) is 0 Å². The van der Waals surface area contributed by atoms with Gasteiger partial charge in [-0.25, -0.2) is 4.79 Å². The monoisotopic (exact) mass is 262 g/mol. The lowest BCUT2D eigenvalue weighted by molar-refractivity contribution is -0.112. The molecule has 1 aromatic carbocycles. The molecule has 0 unspecified atom stereocenters. The minimum absolute atomic E-state index is 0.0264. The van der Waals surface area contributed by atoms with Crippen molar-refractivity contribution in [1.82, 2.24) is 0 Å². The zero-order valence-electron chi connectivity index (χ0n) is 10.6. The van der Waals surface area contributed by atoms with Crippen molar-refractivity contribution in [2.24, 2.45) is 0 Å². The Morgan fingerprint density at radius 2 is 1.89 bits per heavy atom. The molecule has 19 heavy (non-hydrogen) atoms. The van der Waals surface area contributed by atoms with E-state index in [1.807, 2.05) is 0 Å². The second kappa shape index (κ2) is 3.82. The summed E-state index contributed by atoms with van der Waals surface area (Å²) in [7, 11) is 0. The molecular weight excluding hydrogens is 248 g/mol. The van der Waals surface area contributed by atoms with Crippen LogP contribution in [0.3, 0.4) is 0 Å². The number of aliphatic hydroxyl groups is 2. The van der Waals surface area contributed by atoms with Gasteiger partial charge in [-0.3, -0.25) is 0 Å². The van der Waals surface area contributed by atoms with Crippen LogP contribution in [0.1, 0.15) is 25.5 Å². The van der Waals surface area contributed by atoms with Crippen LogP contribution < -0.4 is 10.4 Å². The largest absolute Gasteiger partial charge is 0.477 e. The van der Waals surface area contributed by atoms with E-state index in [9.17, 15) is 15.0 Å². The zero-order valence-corrected chi connectivity index (χ0v) is 10.6. The molecule has 1 aliphatic rings. The summed E-state index contributed by atoms with van der Waals surface area (Å²) in [5, 5.41) is 20.9. The van der Waals surface area contributed by atoms with E-state index in [4.69, 9.17) is 9.15 Å². The molecule has 0 bridgehead atoms. The van der Waals surface area contributed by atoms with Crippen LogP contribution in [0.15, 0.2) is 33.5 Å². The SMILES string of the molecule is CC1(C)Oc2c(c3ccccc3oc2=O)[C@H](O)[C@@H]1O. The maximum atomic E-state index is 11.9. The molecule has 0 saturated carbocycles. The van der Waals surface area contributed by atoms with E-state index >= 15 is 0 Å². The summed E-state index contributed by atoms with van der Waals surface area (Å²) >= 11 is 0. The highest BCUT2D eigenvalue weighted by atomic mass is 16.5. The van der Waals surface area contributed by atoms with Crippen LogP contribution >= 0.6 is 0 Å². The highest BCUT2D eigenvalue weighted by molar-refractivity contribution is 5.83. The quantitative estimate of drug-likeness (QED) is 0.701. The first-order chi connectivity index (χ1) is 8.92. The third kappa shape index (κ3) is 1.66.